The molecule has 0 radical (unpaired) electrons. The minimum absolute atomic E-state index is 0.574. The average molecular weight is 189 g/mol. The third-order valence-corrected chi connectivity index (χ3v) is 3.48. The molecule has 0 atom stereocenters. The standard InChI is InChI=1S/C12H15NO/c14-12(7-13-8-12)11-6-2-4-9-3-1-5-10(9)11/h2,4,6,13-14H,1,3,5,7-8H2. The van der Waals surface area contributed by atoms with Crippen LogP contribution in [0.3, 0.4) is 0 Å². The first-order valence-electron chi connectivity index (χ1n) is 5.34. The Kier molecular flexibility index (Phi) is 1.70. The van der Waals surface area contributed by atoms with Crippen LogP contribution < -0.4 is 5.32 Å². The fraction of sp³-hybridized carbons (Fsp3) is 0.500. The van der Waals surface area contributed by atoms with Gasteiger partial charge in [-0.1, -0.05) is 18.2 Å². The van der Waals surface area contributed by atoms with E-state index in [1.165, 1.54) is 29.5 Å². The molecule has 3 rings (SSSR count). The van der Waals surface area contributed by atoms with Crippen LogP contribution in [0.2, 0.25) is 0 Å². The van der Waals surface area contributed by atoms with Crippen molar-refractivity contribution in [3.63, 3.8) is 0 Å². The quantitative estimate of drug-likeness (QED) is 0.690. The zero-order valence-electron chi connectivity index (χ0n) is 8.21. The lowest BCUT2D eigenvalue weighted by Crippen LogP contribution is -2.57. The van der Waals surface area contributed by atoms with Gasteiger partial charge < -0.3 is 10.4 Å². The van der Waals surface area contributed by atoms with Crippen molar-refractivity contribution >= 4 is 0 Å². The highest BCUT2D eigenvalue weighted by Crippen LogP contribution is 2.34. The molecule has 2 nitrogen and oxygen atoms in total. The maximum Gasteiger partial charge on any atom is 0.115 e. The molecule has 2 N–H and O–H groups in total. The molecular formula is C12H15NO. The predicted molar refractivity (Wildman–Crippen MR) is 55.2 cm³/mol. The first-order valence-corrected chi connectivity index (χ1v) is 5.34. The van der Waals surface area contributed by atoms with Gasteiger partial charge >= 0.3 is 0 Å². The van der Waals surface area contributed by atoms with E-state index < -0.39 is 5.60 Å². The highest BCUT2D eigenvalue weighted by atomic mass is 16.3. The zero-order chi connectivity index (χ0) is 9.60. The summed E-state index contributed by atoms with van der Waals surface area (Å²) in [6.45, 7) is 1.42. The van der Waals surface area contributed by atoms with Gasteiger partial charge in [-0.25, -0.2) is 0 Å². The molecule has 1 fully saturated rings. The lowest BCUT2D eigenvalue weighted by Gasteiger charge is -2.39. The zero-order valence-corrected chi connectivity index (χ0v) is 8.21. The van der Waals surface area contributed by atoms with Gasteiger partial charge in [-0.3, -0.25) is 0 Å². The van der Waals surface area contributed by atoms with Crippen LogP contribution in [0, 0.1) is 0 Å². The summed E-state index contributed by atoms with van der Waals surface area (Å²) in [7, 11) is 0. The first-order chi connectivity index (χ1) is 6.80. The summed E-state index contributed by atoms with van der Waals surface area (Å²) in [6.07, 6.45) is 3.58. The van der Waals surface area contributed by atoms with E-state index in [0.717, 1.165) is 6.42 Å². The van der Waals surface area contributed by atoms with Gasteiger partial charge in [-0.2, -0.15) is 0 Å². The Hall–Kier alpha value is -0.860. The second-order valence-electron chi connectivity index (χ2n) is 4.43. The molecule has 14 heavy (non-hydrogen) atoms. The molecular weight excluding hydrogens is 174 g/mol. The number of rotatable bonds is 1. The predicted octanol–water partition coefficient (Wildman–Crippen LogP) is 0.966. The summed E-state index contributed by atoms with van der Waals surface area (Å²) < 4.78 is 0. The fourth-order valence-electron chi connectivity index (χ4n) is 2.61. The van der Waals surface area contributed by atoms with Crippen molar-refractivity contribution in [3.05, 3.63) is 34.9 Å². The van der Waals surface area contributed by atoms with Crippen molar-refractivity contribution < 1.29 is 5.11 Å². The Morgan fingerprint density at radius 3 is 2.79 bits per heavy atom. The molecule has 0 aromatic heterocycles. The number of aliphatic hydroxyl groups is 1. The van der Waals surface area contributed by atoms with Crippen LogP contribution in [0.4, 0.5) is 0 Å². The summed E-state index contributed by atoms with van der Waals surface area (Å²) in [5, 5.41) is 13.4. The number of nitrogens with one attached hydrogen (secondary N) is 1. The van der Waals surface area contributed by atoms with Crippen molar-refractivity contribution in [3.8, 4) is 0 Å². The number of fused-ring (bicyclic) bond motifs is 1. The van der Waals surface area contributed by atoms with Gasteiger partial charge in [0.15, 0.2) is 0 Å². The van der Waals surface area contributed by atoms with Crippen LogP contribution in [-0.2, 0) is 18.4 Å². The topological polar surface area (TPSA) is 32.3 Å². The van der Waals surface area contributed by atoms with Crippen LogP contribution in [0.15, 0.2) is 18.2 Å². The minimum Gasteiger partial charge on any atom is -0.382 e. The molecule has 1 saturated heterocycles. The van der Waals surface area contributed by atoms with E-state index in [1.54, 1.807) is 0 Å². The lowest BCUT2D eigenvalue weighted by molar-refractivity contribution is -0.0153. The van der Waals surface area contributed by atoms with Gasteiger partial charge in [-0.05, 0) is 36.0 Å². The molecule has 2 aliphatic rings. The highest BCUT2D eigenvalue weighted by molar-refractivity contribution is 5.43. The van der Waals surface area contributed by atoms with Gasteiger partial charge in [0.2, 0.25) is 0 Å². The molecule has 1 aliphatic carbocycles. The van der Waals surface area contributed by atoms with Crippen molar-refractivity contribution in [2.75, 3.05) is 13.1 Å². The molecule has 0 bridgehead atoms. The second kappa shape index (κ2) is 2.81. The Labute approximate surface area is 84.0 Å². The molecule has 1 aliphatic heterocycles. The summed E-state index contributed by atoms with van der Waals surface area (Å²) in [6, 6.07) is 6.36. The number of β-amino-alcohol motifs (C(OH)–C–C–N with tert-alkyl or cyclic N) is 1. The molecule has 74 valence electrons. The third-order valence-electron chi connectivity index (χ3n) is 3.48. The van der Waals surface area contributed by atoms with E-state index in [0.29, 0.717) is 13.1 Å². The highest BCUT2D eigenvalue weighted by Gasteiger charge is 2.38. The molecule has 1 heterocycles. The fourth-order valence-corrected chi connectivity index (χ4v) is 2.61. The van der Waals surface area contributed by atoms with E-state index >= 15 is 0 Å². The van der Waals surface area contributed by atoms with Crippen LogP contribution in [0.1, 0.15) is 23.1 Å². The Balaban J connectivity index is 2.10. The molecule has 0 amide bonds. The van der Waals surface area contributed by atoms with Gasteiger partial charge in [-0.15, -0.1) is 0 Å². The molecule has 1 aromatic carbocycles. The maximum atomic E-state index is 10.3. The minimum atomic E-state index is -0.574. The molecule has 0 spiro atoms. The van der Waals surface area contributed by atoms with Crippen molar-refractivity contribution in [2.45, 2.75) is 24.9 Å². The smallest absolute Gasteiger partial charge is 0.115 e. The Morgan fingerprint density at radius 2 is 2.07 bits per heavy atom. The van der Waals surface area contributed by atoms with E-state index in [-0.39, 0.29) is 0 Å². The third kappa shape index (κ3) is 1.04. The van der Waals surface area contributed by atoms with Crippen molar-refractivity contribution in [1.82, 2.24) is 5.32 Å². The van der Waals surface area contributed by atoms with Crippen molar-refractivity contribution in [2.24, 2.45) is 0 Å². The summed E-state index contributed by atoms with van der Waals surface area (Å²) in [4.78, 5) is 0. The SMILES string of the molecule is OC1(c2cccc3c2CCC3)CNC1. The van der Waals surface area contributed by atoms with E-state index in [2.05, 4.69) is 23.5 Å². The molecule has 1 aromatic rings. The monoisotopic (exact) mass is 189 g/mol. The first kappa shape index (κ1) is 8.45. The number of hydrogen-bond donors (Lipinski definition) is 2. The van der Waals surface area contributed by atoms with Crippen LogP contribution >= 0.6 is 0 Å². The van der Waals surface area contributed by atoms with Gasteiger partial charge in [0.25, 0.3) is 0 Å². The maximum absolute atomic E-state index is 10.3. The number of hydrogen-bond acceptors (Lipinski definition) is 2. The van der Waals surface area contributed by atoms with E-state index in [1.807, 2.05) is 0 Å². The van der Waals surface area contributed by atoms with E-state index in [9.17, 15) is 5.11 Å². The van der Waals surface area contributed by atoms with Crippen LogP contribution in [0.25, 0.3) is 0 Å². The van der Waals surface area contributed by atoms with Crippen LogP contribution in [-0.4, -0.2) is 18.2 Å². The number of aryl methyl sites for hydroxylation is 1. The van der Waals surface area contributed by atoms with Crippen LogP contribution in [0.5, 0.6) is 0 Å². The Morgan fingerprint density at radius 1 is 1.21 bits per heavy atom. The molecule has 0 unspecified atom stereocenters. The summed E-state index contributed by atoms with van der Waals surface area (Å²) in [5.41, 5.74) is 3.46. The van der Waals surface area contributed by atoms with Gasteiger partial charge in [0.05, 0.1) is 0 Å². The second-order valence-corrected chi connectivity index (χ2v) is 4.43. The van der Waals surface area contributed by atoms with Gasteiger partial charge in [0.1, 0.15) is 5.60 Å². The van der Waals surface area contributed by atoms with Crippen molar-refractivity contribution in [1.29, 1.82) is 0 Å². The normalized spacial score (nSPS) is 22.9. The average Bonchev–Trinajstić information content (AvgIpc) is 2.61. The Bertz CT molecular complexity index is 369. The molecule has 2 heteroatoms. The summed E-state index contributed by atoms with van der Waals surface area (Å²) >= 11 is 0. The number of benzene rings is 1. The molecule has 0 saturated carbocycles. The summed E-state index contributed by atoms with van der Waals surface area (Å²) in [5.74, 6) is 0. The van der Waals surface area contributed by atoms with E-state index in [4.69, 9.17) is 0 Å². The largest absolute Gasteiger partial charge is 0.382 e. The van der Waals surface area contributed by atoms with Gasteiger partial charge in [0, 0.05) is 13.1 Å². The lowest BCUT2D eigenvalue weighted by atomic mass is 9.84.